The number of aromatic nitrogens is 2. The third-order valence-corrected chi connectivity index (χ3v) is 2.06. The van der Waals surface area contributed by atoms with Crippen molar-refractivity contribution in [3.63, 3.8) is 0 Å². The van der Waals surface area contributed by atoms with Gasteiger partial charge < -0.3 is 0 Å². The van der Waals surface area contributed by atoms with Gasteiger partial charge in [-0.25, -0.2) is 0 Å². The number of fused-ring (bicyclic) bond motifs is 1. The zero-order valence-corrected chi connectivity index (χ0v) is 7.26. The van der Waals surface area contributed by atoms with Crippen LogP contribution in [0.15, 0.2) is 24.4 Å². The summed E-state index contributed by atoms with van der Waals surface area (Å²) < 4.78 is 7.64. The molecule has 2 nitrogen and oxygen atoms in total. The molecule has 0 spiro atoms. The van der Waals surface area contributed by atoms with E-state index in [2.05, 4.69) is 30.1 Å². The highest BCUT2D eigenvalue weighted by molar-refractivity contribution is 5.81. The van der Waals surface area contributed by atoms with E-state index in [1.165, 1.54) is 5.56 Å². The fourth-order valence-electron chi connectivity index (χ4n) is 1.41. The summed E-state index contributed by atoms with van der Waals surface area (Å²) >= 11 is 0. The van der Waals surface area contributed by atoms with Crippen molar-refractivity contribution in [2.75, 3.05) is 0 Å². The normalized spacial score (nSPS) is 12.4. The van der Waals surface area contributed by atoms with Crippen molar-refractivity contribution in [1.82, 2.24) is 10.2 Å². The first-order valence-electron chi connectivity index (χ1n) is 4.63. The van der Waals surface area contributed by atoms with Crippen molar-refractivity contribution in [2.45, 2.75) is 19.8 Å². The molecule has 0 aliphatic carbocycles. The minimum atomic E-state index is 0.347. The van der Waals surface area contributed by atoms with Crippen LogP contribution in [0.1, 0.15) is 26.7 Å². The highest BCUT2D eigenvalue weighted by Crippen LogP contribution is 2.23. The molecule has 0 unspecified atom stereocenters. The minimum Gasteiger partial charge on any atom is -0.278 e. The number of benzene rings is 1. The first-order valence-corrected chi connectivity index (χ1v) is 4.13. The highest BCUT2D eigenvalue weighted by atomic mass is 15.1. The summed E-state index contributed by atoms with van der Waals surface area (Å²) in [6.45, 7) is 4.25. The number of rotatable bonds is 1. The van der Waals surface area contributed by atoms with E-state index in [1.54, 1.807) is 0 Å². The van der Waals surface area contributed by atoms with Crippen LogP contribution in [0.5, 0.6) is 0 Å². The van der Waals surface area contributed by atoms with Crippen LogP contribution in [-0.2, 0) is 0 Å². The smallest absolute Gasteiger partial charge is 0.0866 e. The third kappa shape index (κ3) is 0.998. The molecule has 1 aromatic heterocycles. The van der Waals surface area contributed by atoms with Crippen LogP contribution in [0, 0.1) is 0 Å². The molecular formula is C10H12N2. The molecule has 2 rings (SSSR count). The predicted molar refractivity (Wildman–Crippen MR) is 50.2 cm³/mol. The van der Waals surface area contributed by atoms with E-state index in [9.17, 15) is 0 Å². The fraction of sp³-hybridized carbons (Fsp3) is 0.300. The number of hydrogen-bond donors (Lipinski definition) is 1. The Morgan fingerprint density at radius 3 is 3.08 bits per heavy atom. The molecule has 0 aliphatic rings. The Kier molecular flexibility index (Phi) is 1.36. The quantitative estimate of drug-likeness (QED) is 0.686. The van der Waals surface area contributed by atoms with Gasteiger partial charge >= 0.3 is 0 Å². The summed E-state index contributed by atoms with van der Waals surface area (Å²) in [5.74, 6) is 0.436. The van der Waals surface area contributed by atoms with Gasteiger partial charge in [0.05, 0.1) is 13.1 Å². The first-order chi connectivity index (χ1) is 6.20. The van der Waals surface area contributed by atoms with Gasteiger partial charge in [0.1, 0.15) is 0 Å². The van der Waals surface area contributed by atoms with Gasteiger partial charge in [0.25, 0.3) is 0 Å². The number of hydrogen-bond acceptors (Lipinski definition) is 1. The predicted octanol–water partition coefficient (Wildman–Crippen LogP) is 2.69. The molecule has 62 valence electrons. The molecule has 0 bridgehead atoms. The highest BCUT2D eigenvalue weighted by Gasteiger charge is 2.04. The molecule has 1 N–H and O–H groups in total. The second-order valence-corrected chi connectivity index (χ2v) is 3.26. The van der Waals surface area contributed by atoms with Gasteiger partial charge in [0, 0.05) is 5.39 Å². The molecular weight excluding hydrogens is 148 g/mol. The zero-order chi connectivity index (χ0) is 9.42. The maximum Gasteiger partial charge on any atom is 0.0866 e. The van der Waals surface area contributed by atoms with E-state index in [-0.39, 0.29) is 0 Å². The van der Waals surface area contributed by atoms with Crippen LogP contribution in [0.2, 0.25) is 0 Å². The zero-order valence-electron chi connectivity index (χ0n) is 8.26. The van der Waals surface area contributed by atoms with E-state index in [4.69, 9.17) is 1.37 Å². The number of H-pyrrole nitrogens is 1. The first kappa shape index (κ1) is 6.23. The van der Waals surface area contributed by atoms with Crippen LogP contribution in [0.25, 0.3) is 10.9 Å². The summed E-state index contributed by atoms with van der Waals surface area (Å²) in [5, 5.41) is 7.68. The van der Waals surface area contributed by atoms with Crippen molar-refractivity contribution in [3.05, 3.63) is 29.9 Å². The average molecular weight is 162 g/mol. The molecule has 0 saturated carbocycles. The second kappa shape index (κ2) is 2.63. The van der Waals surface area contributed by atoms with Crippen molar-refractivity contribution < 1.29 is 1.37 Å². The molecule has 0 atom stereocenters. The van der Waals surface area contributed by atoms with E-state index in [0.29, 0.717) is 12.1 Å². The van der Waals surface area contributed by atoms with E-state index >= 15 is 0 Å². The van der Waals surface area contributed by atoms with Crippen LogP contribution < -0.4 is 0 Å². The molecule has 0 aliphatic heterocycles. The van der Waals surface area contributed by atoms with E-state index in [0.717, 1.165) is 10.9 Å². The van der Waals surface area contributed by atoms with Gasteiger partial charge in [0.15, 0.2) is 0 Å². The molecule has 0 saturated heterocycles. The molecule has 1 aromatic carbocycles. The number of nitrogens with zero attached hydrogens (tertiary/aromatic N) is 1. The molecule has 2 aromatic rings. The topological polar surface area (TPSA) is 28.7 Å². The lowest BCUT2D eigenvalue weighted by atomic mass is 10.00. The Balaban J connectivity index is 2.80. The van der Waals surface area contributed by atoms with E-state index in [1.807, 2.05) is 12.1 Å². The van der Waals surface area contributed by atoms with Gasteiger partial charge in [-0.2, -0.15) is 5.10 Å². The van der Waals surface area contributed by atoms with Crippen molar-refractivity contribution in [1.29, 1.82) is 0 Å². The molecule has 0 amide bonds. The van der Waals surface area contributed by atoms with Crippen molar-refractivity contribution in [3.8, 4) is 0 Å². The third-order valence-electron chi connectivity index (χ3n) is 2.06. The average Bonchev–Trinajstić information content (AvgIpc) is 2.48. The van der Waals surface area contributed by atoms with Crippen LogP contribution in [0.4, 0.5) is 0 Å². The molecule has 1 heterocycles. The summed E-state index contributed by atoms with van der Waals surface area (Å²) in [6, 6.07) is 6.00. The summed E-state index contributed by atoms with van der Waals surface area (Å²) in [7, 11) is 0. The molecule has 0 radical (unpaired) electrons. The van der Waals surface area contributed by atoms with Crippen LogP contribution in [0.3, 0.4) is 0 Å². The van der Waals surface area contributed by atoms with Gasteiger partial charge in [-0.05, 0) is 17.5 Å². The Morgan fingerprint density at radius 2 is 2.33 bits per heavy atom. The molecule has 2 heteroatoms. The van der Waals surface area contributed by atoms with Crippen molar-refractivity contribution >= 4 is 10.9 Å². The second-order valence-electron chi connectivity index (χ2n) is 3.26. The van der Waals surface area contributed by atoms with Crippen LogP contribution in [-0.4, -0.2) is 10.2 Å². The van der Waals surface area contributed by atoms with Gasteiger partial charge in [-0.3, -0.25) is 5.10 Å². The van der Waals surface area contributed by atoms with Gasteiger partial charge in [0.2, 0.25) is 0 Å². The SMILES string of the molecule is [3H]c1n[nH]c2cccc(C(C)C)c12. The maximum absolute atomic E-state index is 7.64. The Hall–Kier alpha value is -1.31. The summed E-state index contributed by atoms with van der Waals surface area (Å²) in [6.07, 6.45) is 0.347. The standard InChI is InChI=1S/C10H12N2/c1-7(2)8-4-3-5-10-9(8)6-11-12-10/h3-7H,1-2H3,(H,11,12)/i6T. The molecule has 0 fully saturated rings. The van der Waals surface area contributed by atoms with E-state index < -0.39 is 0 Å². The Bertz CT molecular complexity index is 431. The Labute approximate surface area is 73.0 Å². The largest absolute Gasteiger partial charge is 0.278 e. The summed E-state index contributed by atoms with van der Waals surface area (Å²) in [5.41, 5.74) is 2.15. The summed E-state index contributed by atoms with van der Waals surface area (Å²) in [4.78, 5) is 0. The van der Waals surface area contributed by atoms with Gasteiger partial charge in [-0.1, -0.05) is 26.0 Å². The lowest BCUT2D eigenvalue weighted by Gasteiger charge is -2.05. The van der Waals surface area contributed by atoms with Crippen LogP contribution >= 0.6 is 0 Å². The fourth-order valence-corrected chi connectivity index (χ4v) is 1.41. The van der Waals surface area contributed by atoms with Gasteiger partial charge in [-0.15, -0.1) is 0 Å². The lowest BCUT2D eigenvalue weighted by molar-refractivity contribution is 0.876. The monoisotopic (exact) mass is 162 g/mol. The maximum atomic E-state index is 7.64. The Morgan fingerprint density at radius 1 is 1.50 bits per heavy atom. The van der Waals surface area contributed by atoms with Crippen molar-refractivity contribution in [2.24, 2.45) is 0 Å². The number of aromatic amines is 1. The lowest BCUT2D eigenvalue weighted by Crippen LogP contribution is -1.86. The minimum absolute atomic E-state index is 0.347. The molecule has 12 heavy (non-hydrogen) atoms. The number of nitrogens with one attached hydrogen (secondary N) is 1.